The molecule has 184 valence electrons. The van der Waals surface area contributed by atoms with Crippen LogP contribution < -0.4 is 0 Å². The second-order valence-corrected chi connectivity index (χ2v) is 9.89. The Labute approximate surface area is 202 Å². The number of carboxylic acid groups (broad SMARTS) is 1. The molecule has 0 radical (unpaired) electrons. The highest BCUT2D eigenvalue weighted by atomic mass is 16.4. The van der Waals surface area contributed by atoms with Gasteiger partial charge >= 0.3 is 5.97 Å². The summed E-state index contributed by atoms with van der Waals surface area (Å²) < 4.78 is 0. The van der Waals surface area contributed by atoms with Crippen molar-refractivity contribution in [1.82, 2.24) is 0 Å². The SMILES string of the molecule is CCCCCc1cc(C[C@@H](CC=CCCC(=O)O)CCCCCC[C@H]2C=CCC2)ccc1O. The van der Waals surface area contributed by atoms with Crippen LogP contribution >= 0.6 is 0 Å². The highest BCUT2D eigenvalue weighted by Gasteiger charge is 2.12. The molecule has 0 aliphatic heterocycles. The number of hydrogen-bond acceptors (Lipinski definition) is 2. The molecular weight excluding hydrogens is 408 g/mol. The van der Waals surface area contributed by atoms with E-state index in [-0.39, 0.29) is 6.42 Å². The van der Waals surface area contributed by atoms with Crippen LogP contribution in [0.5, 0.6) is 5.75 Å². The summed E-state index contributed by atoms with van der Waals surface area (Å²) in [7, 11) is 0. The van der Waals surface area contributed by atoms with E-state index >= 15 is 0 Å². The fraction of sp³-hybridized carbons (Fsp3) is 0.633. The van der Waals surface area contributed by atoms with Crippen molar-refractivity contribution < 1.29 is 15.0 Å². The third-order valence-electron chi connectivity index (χ3n) is 6.93. The van der Waals surface area contributed by atoms with Crippen molar-refractivity contribution in [2.24, 2.45) is 11.8 Å². The number of unbranched alkanes of at least 4 members (excludes halogenated alkanes) is 5. The van der Waals surface area contributed by atoms with Crippen molar-refractivity contribution in [3.05, 3.63) is 53.6 Å². The Morgan fingerprint density at radius 2 is 1.97 bits per heavy atom. The zero-order valence-corrected chi connectivity index (χ0v) is 20.8. The molecule has 1 aliphatic carbocycles. The number of phenols is 1. The van der Waals surface area contributed by atoms with Gasteiger partial charge in [-0.2, -0.15) is 0 Å². The smallest absolute Gasteiger partial charge is 0.303 e. The van der Waals surface area contributed by atoms with E-state index in [1.54, 1.807) is 0 Å². The maximum Gasteiger partial charge on any atom is 0.303 e. The van der Waals surface area contributed by atoms with Crippen molar-refractivity contribution in [2.45, 2.75) is 110 Å². The van der Waals surface area contributed by atoms with Gasteiger partial charge in [-0.15, -0.1) is 0 Å². The zero-order valence-electron chi connectivity index (χ0n) is 20.8. The summed E-state index contributed by atoms with van der Waals surface area (Å²) in [6.07, 6.45) is 26.6. The Balaban J connectivity index is 1.83. The lowest BCUT2D eigenvalue weighted by Gasteiger charge is -2.17. The van der Waals surface area contributed by atoms with Gasteiger partial charge in [0, 0.05) is 6.42 Å². The van der Waals surface area contributed by atoms with Gasteiger partial charge in [-0.25, -0.2) is 0 Å². The van der Waals surface area contributed by atoms with Gasteiger partial charge in [-0.1, -0.05) is 81.9 Å². The van der Waals surface area contributed by atoms with Crippen LogP contribution in [-0.4, -0.2) is 16.2 Å². The van der Waals surface area contributed by atoms with E-state index < -0.39 is 5.97 Å². The summed E-state index contributed by atoms with van der Waals surface area (Å²) in [6.45, 7) is 2.21. The average Bonchev–Trinajstić information content (AvgIpc) is 3.31. The molecule has 0 bridgehead atoms. The molecular formula is C30H46O3. The molecule has 0 saturated heterocycles. The van der Waals surface area contributed by atoms with Gasteiger partial charge in [0.1, 0.15) is 5.75 Å². The zero-order chi connectivity index (χ0) is 23.7. The van der Waals surface area contributed by atoms with Crippen LogP contribution in [0.4, 0.5) is 0 Å². The molecule has 3 nitrogen and oxygen atoms in total. The first-order chi connectivity index (χ1) is 16.1. The lowest BCUT2D eigenvalue weighted by Crippen LogP contribution is -2.05. The maximum atomic E-state index is 10.7. The van der Waals surface area contributed by atoms with Crippen molar-refractivity contribution in [3.8, 4) is 5.75 Å². The molecule has 0 fully saturated rings. The molecule has 0 amide bonds. The number of hydrogen-bond donors (Lipinski definition) is 2. The van der Waals surface area contributed by atoms with E-state index in [0.29, 0.717) is 18.1 Å². The summed E-state index contributed by atoms with van der Waals surface area (Å²) in [4.78, 5) is 10.7. The lowest BCUT2D eigenvalue weighted by molar-refractivity contribution is -0.136. The molecule has 3 heteroatoms. The monoisotopic (exact) mass is 454 g/mol. The van der Waals surface area contributed by atoms with Crippen molar-refractivity contribution in [1.29, 1.82) is 0 Å². The molecule has 0 heterocycles. The van der Waals surface area contributed by atoms with Gasteiger partial charge in [-0.3, -0.25) is 4.79 Å². The first-order valence-electron chi connectivity index (χ1n) is 13.4. The van der Waals surface area contributed by atoms with Crippen LogP contribution in [0.15, 0.2) is 42.5 Å². The van der Waals surface area contributed by atoms with Gasteiger partial charge in [0.15, 0.2) is 0 Å². The molecule has 0 saturated carbocycles. The topological polar surface area (TPSA) is 57.5 Å². The average molecular weight is 455 g/mol. The highest BCUT2D eigenvalue weighted by Crippen LogP contribution is 2.27. The number of allylic oxidation sites excluding steroid dienone is 4. The Bertz CT molecular complexity index is 734. The first kappa shape index (κ1) is 27.2. The van der Waals surface area contributed by atoms with E-state index in [4.69, 9.17) is 5.11 Å². The second-order valence-electron chi connectivity index (χ2n) is 9.89. The van der Waals surface area contributed by atoms with Gasteiger partial charge in [0.05, 0.1) is 0 Å². The normalized spacial score (nSPS) is 16.6. The second kappa shape index (κ2) is 16.6. The third-order valence-corrected chi connectivity index (χ3v) is 6.93. The number of phenolic OH excluding ortho intramolecular Hbond substituents is 1. The van der Waals surface area contributed by atoms with Crippen LogP contribution in [0.3, 0.4) is 0 Å². The van der Waals surface area contributed by atoms with Crippen molar-refractivity contribution in [2.75, 3.05) is 0 Å². The fourth-order valence-electron chi connectivity index (χ4n) is 4.91. The Morgan fingerprint density at radius 1 is 1.12 bits per heavy atom. The van der Waals surface area contributed by atoms with Crippen LogP contribution in [0.25, 0.3) is 0 Å². The summed E-state index contributed by atoms with van der Waals surface area (Å²) in [5, 5.41) is 19.1. The number of carboxylic acids is 1. The number of aliphatic carboxylic acids is 1. The number of benzene rings is 1. The number of rotatable bonds is 18. The van der Waals surface area contributed by atoms with Gasteiger partial charge in [0.25, 0.3) is 0 Å². The summed E-state index contributed by atoms with van der Waals surface area (Å²) in [5.74, 6) is 1.09. The number of aromatic hydroxyl groups is 1. The van der Waals surface area contributed by atoms with E-state index in [0.717, 1.165) is 37.2 Å². The minimum atomic E-state index is -0.732. The highest BCUT2D eigenvalue weighted by molar-refractivity contribution is 5.66. The minimum Gasteiger partial charge on any atom is -0.508 e. The molecule has 2 rings (SSSR count). The quantitative estimate of drug-likeness (QED) is 0.173. The van der Waals surface area contributed by atoms with E-state index in [9.17, 15) is 9.90 Å². The summed E-state index contributed by atoms with van der Waals surface area (Å²) in [6, 6.07) is 6.16. The first-order valence-corrected chi connectivity index (χ1v) is 13.4. The molecule has 1 aromatic carbocycles. The van der Waals surface area contributed by atoms with Crippen LogP contribution in [-0.2, 0) is 17.6 Å². The molecule has 0 unspecified atom stereocenters. The van der Waals surface area contributed by atoms with Gasteiger partial charge in [0.2, 0.25) is 0 Å². The van der Waals surface area contributed by atoms with Gasteiger partial charge < -0.3 is 10.2 Å². The lowest BCUT2D eigenvalue weighted by atomic mass is 9.89. The maximum absolute atomic E-state index is 10.7. The van der Waals surface area contributed by atoms with Crippen molar-refractivity contribution in [3.63, 3.8) is 0 Å². The molecule has 2 atom stereocenters. The number of carbonyl (C=O) groups is 1. The van der Waals surface area contributed by atoms with Crippen LogP contribution in [0, 0.1) is 11.8 Å². The predicted molar refractivity (Wildman–Crippen MR) is 139 cm³/mol. The fourth-order valence-corrected chi connectivity index (χ4v) is 4.91. The number of aryl methyl sites for hydroxylation is 1. The summed E-state index contributed by atoms with van der Waals surface area (Å²) in [5.41, 5.74) is 2.40. The summed E-state index contributed by atoms with van der Waals surface area (Å²) >= 11 is 0. The predicted octanol–water partition coefficient (Wildman–Crippen LogP) is 8.40. The van der Waals surface area contributed by atoms with Gasteiger partial charge in [-0.05, 0) is 86.8 Å². The molecule has 0 spiro atoms. The Kier molecular flexibility index (Phi) is 13.7. The van der Waals surface area contributed by atoms with Crippen LogP contribution in [0.2, 0.25) is 0 Å². The standard InChI is InChI=1S/C30H46O3/c1-2-3-7-19-28-24-27(21-22-29(28)31)23-26(18-10-6-11-20-30(32)33)17-9-5-4-8-14-25-15-12-13-16-25/h6,10,12,15,21-22,24-26,31H,2-5,7-9,11,13-14,16-20,23H2,1H3,(H,32,33)/t25-,26+/m0/s1. The molecule has 1 aliphatic rings. The van der Waals surface area contributed by atoms with E-state index in [1.165, 1.54) is 69.8 Å². The molecule has 0 aromatic heterocycles. The van der Waals surface area contributed by atoms with Crippen LogP contribution in [0.1, 0.15) is 108 Å². The Morgan fingerprint density at radius 3 is 2.73 bits per heavy atom. The largest absolute Gasteiger partial charge is 0.508 e. The third kappa shape index (κ3) is 12.1. The van der Waals surface area contributed by atoms with E-state index in [1.807, 2.05) is 12.1 Å². The molecule has 1 aromatic rings. The van der Waals surface area contributed by atoms with Crippen molar-refractivity contribution >= 4 is 5.97 Å². The minimum absolute atomic E-state index is 0.205. The Hall–Kier alpha value is -2.03. The molecule has 2 N–H and O–H groups in total. The molecule has 33 heavy (non-hydrogen) atoms. The van der Waals surface area contributed by atoms with E-state index in [2.05, 4.69) is 37.3 Å².